The Labute approximate surface area is 166 Å². The van der Waals surface area contributed by atoms with Gasteiger partial charge in [0.2, 0.25) is 0 Å². The van der Waals surface area contributed by atoms with Gasteiger partial charge in [-0.25, -0.2) is 0 Å². The first-order chi connectivity index (χ1) is 13.3. The van der Waals surface area contributed by atoms with Gasteiger partial charge in [0.05, 0.1) is 12.2 Å². The lowest BCUT2D eigenvalue weighted by molar-refractivity contribution is 0.0950. The Hall–Kier alpha value is -3.08. The fourth-order valence-corrected chi connectivity index (χ4v) is 2.87. The Morgan fingerprint density at radius 3 is 2.50 bits per heavy atom. The van der Waals surface area contributed by atoms with Gasteiger partial charge in [0, 0.05) is 18.8 Å². The molecule has 0 aliphatic carbocycles. The Kier molecular flexibility index (Phi) is 5.83. The van der Waals surface area contributed by atoms with E-state index in [2.05, 4.69) is 43.3 Å². The smallest absolute Gasteiger partial charge is 0.251 e. The Morgan fingerprint density at radius 1 is 1.11 bits per heavy atom. The number of amides is 1. The van der Waals surface area contributed by atoms with E-state index in [-0.39, 0.29) is 11.3 Å². The van der Waals surface area contributed by atoms with Gasteiger partial charge in [0.1, 0.15) is 12.4 Å². The number of ether oxygens (including phenoxy) is 1. The summed E-state index contributed by atoms with van der Waals surface area (Å²) in [5, 5.41) is 7.03. The highest BCUT2D eigenvalue weighted by Crippen LogP contribution is 2.24. The molecule has 1 aromatic heterocycles. The molecule has 0 bridgehead atoms. The summed E-state index contributed by atoms with van der Waals surface area (Å²) >= 11 is 0. The summed E-state index contributed by atoms with van der Waals surface area (Å²) in [7, 11) is 1.85. The standard InChI is InChI=1S/C23H27N3O2/c1-23(2,3)19-8-10-21(11-9-19)28-16-17-6-5-7-18(14-17)22(27)24-15-20-12-13-25-26(20)4/h5-14H,15-16H2,1-4H3,(H,24,27). The summed E-state index contributed by atoms with van der Waals surface area (Å²) in [6, 6.07) is 17.6. The van der Waals surface area contributed by atoms with Crippen LogP contribution in [0.15, 0.2) is 60.8 Å². The number of hydrogen-bond acceptors (Lipinski definition) is 3. The Balaban J connectivity index is 1.58. The molecule has 2 aromatic carbocycles. The van der Waals surface area contributed by atoms with Crippen LogP contribution < -0.4 is 10.1 Å². The quantitative estimate of drug-likeness (QED) is 0.699. The van der Waals surface area contributed by atoms with Gasteiger partial charge >= 0.3 is 0 Å². The van der Waals surface area contributed by atoms with Gasteiger partial charge in [-0.2, -0.15) is 5.10 Å². The molecule has 0 radical (unpaired) electrons. The number of carbonyl (C=O) groups excluding carboxylic acids is 1. The zero-order chi connectivity index (χ0) is 20.1. The van der Waals surface area contributed by atoms with Crippen LogP contribution in [0.4, 0.5) is 0 Å². The molecule has 3 rings (SSSR count). The zero-order valence-electron chi connectivity index (χ0n) is 16.9. The van der Waals surface area contributed by atoms with Crippen LogP contribution in [0.3, 0.4) is 0 Å². The van der Waals surface area contributed by atoms with Gasteiger partial charge in [-0.3, -0.25) is 9.48 Å². The van der Waals surface area contributed by atoms with Crippen LogP contribution in [0.1, 0.15) is 48.0 Å². The Morgan fingerprint density at radius 2 is 1.86 bits per heavy atom. The monoisotopic (exact) mass is 377 g/mol. The molecule has 3 aromatic rings. The lowest BCUT2D eigenvalue weighted by Crippen LogP contribution is -2.24. The molecule has 0 saturated heterocycles. The molecule has 0 fully saturated rings. The number of nitrogens with zero attached hydrogens (tertiary/aromatic N) is 2. The van der Waals surface area contributed by atoms with Gasteiger partial charge in [-0.05, 0) is 46.9 Å². The predicted molar refractivity (Wildman–Crippen MR) is 110 cm³/mol. The molecule has 0 atom stereocenters. The van der Waals surface area contributed by atoms with Crippen molar-refractivity contribution in [3.8, 4) is 5.75 Å². The minimum absolute atomic E-state index is 0.113. The van der Waals surface area contributed by atoms with Crippen molar-refractivity contribution in [2.45, 2.75) is 39.3 Å². The Bertz CT molecular complexity index is 937. The van der Waals surface area contributed by atoms with Gasteiger partial charge in [-0.1, -0.05) is 45.0 Å². The molecule has 1 heterocycles. The van der Waals surface area contributed by atoms with Crippen molar-refractivity contribution in [3.05, 3.63) is 83.2 Å². The van der Waals surface area contributed by atoms with E-state index < -0.39 is 0 Å². The molecule has 0 saturated carbocycles. The predicted octanol–water partition coefficient (Wildman–Crippen LogP) is 4.23. The normalized spacial score (nSPS) is 11.3. The van der Waals surface area contributed by atoms with Crippen LogP contribution in [-0.4, -0.2) is 15.7 Å². The van der Waals surface area contributed by atoms with Crippen molar-refractivity contribution in [1.82, 2.24) is 15.1 Å². The van der Waals surface area contributed by atoms with Crippen LogP contribution in [0.2, 0.25) is 0 Å². The van der Waals surface area contributed by atoms with E-state index in [1.165, 1.54) is 5.56 Å². The average Bonchev–Trinajstić information content (AvgIpc) is 3.09. The van der Waals surface area contributed by atoms with E-state index in [4.69, 9.17) is 4.74 Å². The number of hydrogen-bond donors (Lipinski definition) is 1. The lowest BCUT2D eigenvalue weighted by atomic mass is 9.87. The molecule has 0 aliphatic rings. The van der Waals surface area contributed by atoms with Crippen molar-refractivity contribution < 1.29 is 9.53 Å². The lowest BCUT2D eigenvalue weighted by Gasteiger charge is -2.19. The first-order valence-electron chi connectivity index (χ1n) is 9.40. The number of carbonyl (C=O) groups is 1. The van der Waals surface area contributed by atoms with Crippen molar-refractivity contribution >= 4 is 5.91 Å². The minimum Gasteiger partial charge on any atom is -0.489 e. The third-order valence-corrected chi connectivity index (χ3v) is 4.67. The van der Waals surface area contributed by atoms with Crippen molar-refractivity contribution in [2.24, 2.45) is 7.05 Å². The van der Waals surface area contributed by atoms with E-state index in [9.17, 15) is 4.79 Å². The van der Waals surface area contributed by atoms with Crippen LogP contribution in [-0.2, 0) is 25.6 Å². The molecule has 1 amide bonds. The molecule has 5 nitrogen and oxygen atoms in total. The maximum atomic E-state index is 12.4. The molecular formula is C23H27N3O2. The highest BCUT2D eigenvalue weighted by atomic mass is 16.5. The third kappa shape index (κ3) is 5.00. The first kappa shape index (κ1) is 19.7. The summed E-state index contributed by atoms with van der Waals surface area (Å²) < 4.78 is 7.63. The van der Waals surface area contributed by atoms with Gasteiger partial charge in [-0.15, -0.1) is 0 Å². The van der Waals surface area contributed by atoms with E-state index in [0.29, 0.717) is 18.7 Å². The number of nitrogens with one attached hydrogen (secondary N) is 1. The number of benzene rings is 2. The largest absolute Gasteiger partial charge is 0.489 e. The molecule has 146 valence electrons. The second-order valence-corrected chi connectivity index (χ2v) is 7.89. The number of rotatable bonds is 6. The molecule has 1 N–H and O–H groups in total. The van der Waals surface area contributed by atoms with E-state index in [1.807, 2.05) is 43.4 Å². The second-order valence-electron chi connectivity index (χ2n) is 7.89. The highest BCUT2D eigenvalue weighted by molar-refractivity contribution is 5.94. The van der Waals surface area contributed by atoms with Gasteiger partial charge < -0.3 is 10.1 Å². The van der Waals surface area contributed by atoms with Gasteiger partial charge in [0.25, 0.3) is 5.91 Å². The van der Waals surface area contributed by atoms with Crippen molar-refractivity contribution in [2.75, 3.05) is 0 Å². The van der Waals surface area contributed by atoms with Crippen LogP contribution in [0.5, 0.6) is 5.75 Å². The zero-order valence-corrected chi connectivity index (χ0v) is 16.9. The summed E-state index contributed by atoms with van der Waals surface area (Å²) in [6.45, 7) is 7.42. The van der Waals surface area contributed by atoms with E-state index >= 15 is 0 Å². The fourth-order valence-electron chi connectivity index (χ4n) is 2.87. The maximum Gasteiger partial charge on any atom is 0.251 e. The van der Waals surface area contributed by atoms with E-state index in [0.717, 1.165) is 17.0 Å². The summed E-state index contributed by atoms with van der Waals surface area (Å²) in [6.07, 6.45) is 1.72. The molecule has 5 heteroatoms. The van der Waals surface area contributed by atoms with Crippen LogP contribution >= 0.6 is 0 Å². The second kappa shape index (κ2) is 8.30. The molecule has 0 spiro atoms. The number of aromatic nitrogens is 2. The number of aryl methyl sites for hydroxylation is 1. The van der Waals surface area contributed by atoms with Crippen molar-refractivity contribution in [3.63, 3.8) is 0 Å². The molecule has 28 heavy (non-hydrogen) atoms. The maximum absolute atomic E-state index is 12.4. The average molecular weight is 377 g/mol. The molecular weight excluding hydrogens is 350 g/mol. The molecule has 0 aliphatic heterocycles. The van der Waals surface area contributed by atoms with Crippen molar-refractivity contribution in [1.29, 1.82) is 0 Å². The highest BCUT2D eigenvalue weighted by Gasteiger charge is 2.13. The topological polar surface area (TPSA) is 56.2 Å². The minimum atomic E-state index is -0.113. The fraction of sp³-hybridized carbons (Fsp3) is 0.304. The summed E-state index contributed by atoms with van der Waals surface area (Å²) in [5.41, 5.74) is 3.91. The third-order valence-electron chi connectivity index (χ3n) is 4.67. The van der Waals surface area contributed by atoms with E-state index in [1.54, 1.807) is 16.9 Å². The summed E-state index contributed by atoms with van der Waals surface area (Å²) in [4.78, 5) is 12.4. The SMILES string of the molecule is Cn1nccc1CNC(=O)c1cccc(COc2ccc(C(C)(C)C)cc2)c1. The van der Waals surface area contributed by atoms with Crippen LogP contribution in [0, 0.1) is 0 Å². The molecule has 0 unspecified atom stereocenters. The van der Waals surface area contributed by atoms with Crippen LogP contribution in [0.25, 0.3) is 0 Å². The first-order valence-corrected chi connectivity index (χ1v) is 9.40. The summed E-state index contributed by atoms with van der Waals surface area (Å²) in [5.74, 6) is 0.705. The van der Waals surface area contributed by atoms with Gasteiger partial charge in [0.15, 0.2) is 0 Å².